The summed E-state index contributed by atoms with van der Waals surface area (Å²) in [6.07, 6.45) is -13.0. The number of alkyl halides is 6. The van der Waals surface area contributed by atoms with Crippen molar-refractivity contribution in [1.82, 2.24) is 0 Å². The number of aliphatic hydroxyl groups is 2. The molecule has 4 rings (SSSR count). The lowest BCUT2D eigenvalue weighted by Gasteiger charge is -2.32. The molecule has 2 N–H and O–H groups in total. The van der Waals surface area contributed by atoms with Crippen LogP contribution in [-0.2, 0) is 5.60 Å². The highest BCUT2D eigenvalue weighted by molar-refractivity contribution is 6.33. The average molecular weight is 557 g/mol. The van der Waals surface area contributed by atoms with Gasteiger partial charge in [-0.05, 0) is 54.3 Å². The van der Waals surface area contributed by atoms with Crippen LogP contribution in [0.4, 0.5) is 32.0 Å². The quantitative estimate of drug-likeness (QED) is 0.322. The first-order chi connectivity index (χ1) is 17.5. The molecule has 0 fully saturated rings. The summed E-state index contributed by atoms with van der Waals surface area (Å²) in [4.78, 5) is 0. The second-order valence-electron chi connectivity index (χ2n) is 9.53. The van der Waals surface area contributed by atoms with Crippen molar-refractivity contribution in [3.8, 4) is 11.1 Å². The SMILES string of the molecule is CC(C)(O)c1ccc(-c2cccc(C3CC(C(O)(C(F)(F)F)C(F)(F)F)=NN3c3ccccc3Cl)c2)cc1. The summed E-state index contributed by atoms with van der Waals surface area (Å²) >= 11 is 6.24. The summed E-state index contributed by atoms with van der Waals surface area (Å²) in [7, 11) is 0. The molecule has 0 radical (unpaired) electrons. The molecule has 3 aromatic carbocycles. The van der Waals surface area contributed by atoms with Crippen molar-refractivity contribution in [3.63, 3.8) is 0 Å². The fourth-order valence-electron chi connectivity index (χ4n) is 4.33. The summed E-state index contributed by atoms with van der Waals surface area (Å²) in [5, 5.41) is 25.0. The van der Waals surface area contributed by atoms with Gasteiger partial charge in [0.05, 0.1) is 28.1 Å². The number of rotatable bonds is 5. The van der Waals surface area contributed by atoms with E-state index in [9.17, 15) is 36.6 Å². The van der Waals surface area contributed by atoms with E-state index >= 15 is 0 Å². The molecule has 0 amide bonds. The molecule has 202 valence electrons. The third kappa shape index (κ3) is 5.00. The molecule has 1 aliphatic heterocycles. The number of benzene rings is 3. The minimum atomic E-state index is -6.06. The maximum atomic E-state index is 13.7. The molecule has 4 nitrogen and oxygen atoms in total. The number of anilines is 1. The smallest absolute Gasteiger partial charge is 0.386 e. The Bertz CT molecular complexity index is 1330. The number of nitrogens with zero attached hydrogens (tertiary/aromatic N) is 2. The zero-order chi connectivity index (χ0) is 28.1. The molecule has 38 heavy (non-hydrogen) atoms. The van der Waals surface area contributed by atoms with E-state index in [1.165, 1.54) is 18.2 Å². The standard InChI is InChI=1S/C27H23ClF6N2O2/c1-24(2,37)19-12-10-16(11-13-19)17-6-5-7-18(14-17)22-15-23(25(38,26(29,30)31)27(32,33)34)35-36(22)21-9-4-3-8-20(21)28/h3-14,22,37-38H,15H2,1-2H3. The van der Waals surface area contributed by atoms with E-state index in [1.807, 2.05) is 0 Å². The average Bonchev–Trinajstić information content (AvgIpc) is 3.27. The monoisotopic (exact) mass is 556 g/mol. The van der Waals surface area contributed by atoms with Crippen molar-refractivity contribution in [3.05, 3.63) is 88.9 Å². The second-order valence-corrected chi connectivity index (χ2v) is 9.94. The van der Waals surface area contributed by atoms with Gasteiger partial charge in [0.15, 0.2) is 0 Å². The number of hydrazone groups is 1. The van der Waals surface area contributed by atoms with Crippen LogP contribution in [-0.4, -0.2) is 33.9 Å². The third-order valence-corrected chi connectivity index (χ3v) is 6.76. The molecule has 0 aliphatic carbocycles. The number of hydrogen-bond donors (Lipinski definition) is 2. The maximum absolute atomic E-state index is 13.7. The van der Waals surface area contributed by atoms with Gasteiger partial charge in [-0.2, -0.15) is 31.4 Å². The second kappa shape index (κ2) is 9.59. The van der Waals surface area contributed by atoms with Gasteiger partial charge >= 0.3 is 12.4 Å². The van der Waals surface area contributed by atoms with E-state index < -0.39 is 41.7 Å². The van der Waals surface area contributed by atoms with Gasteiger partial charge < -0.3 is 10.2 Å². The van der Waals surface area contributed by atoms with Crippen LogP contribution in [0.2, 0.25) is 5.02 Å². The first kappa shape index (κ1) is 27.9. The van der Waals surface area contributed by atoms with Crippen molar-refractivity contribution in [1.29, 1.82) is 0 Å². The molecule has 1 atom stereocenters. The van der Waals surface area contributed by atoms with Crippen molar-refractivity contribution >= 4 is 23.0 Å². The van der Waals surface area contributed by atoms with E-state index in [-0.39, 0.29) is 10.7 Å². The van der Waals surface area contributed by atoms with E-state index in [0.29, 0.717) is 22.3 Å². The van der Waals surface area contributed by atoms with Gasteiger partial charge in [-0.15, -0.1) is 0 Å². The third-order valence-electron chi connectivity index (χ3n) is 6.44. The Morgan fingerprint density at radius 3 is 1.97 bits per heavy atom. The zero-order valence-corrected chi connectivity index (χ0v) is 20.9. The molecule has 3 aromatic rings. The van der Waals surface area contributed by atoms with Crippen molar-refractivity contribution in [2.75, 3.05) is 5.01 Å². The lowest BCUT2D eigenvalue weighted by Crippen LogP contribution is -2.62. The largest absolute Gasteiger partial charge is 0.431 e. The van der Waals surface area contributed by atoms with E-state index in [4.69, 9.17) is 11.6 Å². The molecule has 11 heteroatoms. The fraction of sp³-hybridized carbons (Fsp3) is 0.296. The molecule has 0 saturated heterocycles. The summed E-state index contributed by atoms with van der Waals surface area (Å²) < 4.78 is 82.1. The first-order valence-electron chi connectivity index (χ1n) is 11.4. The van der Waals surface area contributed by atoms with Gasteiger partial charge in [0, 0.05) is 6.42 Å². The minimum Gasteiger partial charge on any atom is -0.386 e. The van der Waals surface area contributed by atoms with Crippen molar-refractivity contribution in [2.45, 2.75) is 49.9 Å². The molecule has 1 heterocycles. The molecular weight excluding hydrogens is 534 g/mol. The number of hydrogen-bond acceptors (Lipinski definition) is 4. The lowest BCUT2D eigenvalue weighted by molar-refractivity contribution is -0.338. The van der Waals surface area contributed by atoms with Crippen LogP contribution < -0.4 is 5.01 Å². The Morgan fingerprint density at radius 2 is 1.42 bits per heavy atom. The van der Waals surface area contributed by atoms with Crippen LogP contribution in [0, 0.1) is 0 Å². The highest BCUT2D eigenvalue weighted by Gasteiger charge is 2.74. The van der Waals surface area contributed by atoms with Crippen molar-refractivity contribution < 1.29 is 36.6 Å². The molecule has 0 saturated carbocycles. The summed E-state index contributed by atoms with van der Waals surface area (Å²) in [5.74, 6) is 0. The van der Waals surface area contributed by atoms with E-state index in [0.717, 1.165) is 5.01 Å². The fourth-order valence-corrected chi connectivity index (χ4v) is 4.55. The molecule has 1 unspecified atom stereocenters. The first-order valence-corrected chi connectivity index (χ1v) is 11.8. The topological polar surface area (TPSA) is 56.1 Å². The number of halogens is 7. The summed E-state index contributed by atoms with van der Waals surface area (Å²) in [6.45, 7) is 3.26. The van der Waals surface area contributed by atoms with Gasteiger partial charge in [0.2, 0.25) is 0 Å². The zero-order valence-electron chi connectivity index (χ0n) is 20.1. The predicted octanol–water partition coefficient (Wildman–Crippen LogP) is 7.40. The van der Waals surface area contributed by atoms with Crippen LogP contribution in [0.15, 0.2) is 77.9 Å². The lowest BCUT2D eigenvalue weighted by atomic mass is 9.89. The molecule has 0 bridgehead atoms. The Morgan fingerprint density at radius 1 is 0.816 bits per heavy atom. The van der Waals surface area contributed by atoms with Gasteiger partial charge in [-0.1, -0.05) is 66.2 Å². The van der Waals surface area contributed by atoms with Crippen LogP contribution in [0.25, 0.3) is 11.1 Å². The van der Waals surface area contributed by atoms with E-state index in [1.54, 1.807) is 68.4 Å². The Kier molecular flexibility index (Phi) is 7.05. The molecular formula is C27H23ClF6N2O2. The summed E-state index contributed by atoms with van der Waals surface area (Å²) in [6, 6.07) is 18.3. The van der Waals surface area contributed by atoms with Crippen LogP contribution in [0.3, 0.4) is 0 Å². The van der Waals surface area contributed by atoms with Crippen LogP contribution >= 0.6 is 11.6 Å². The highest BCUT2D eigenvalue weighted by atomic mass is 35.5. The van der Waals surface area contributed by atoms with Crippen LogP contribution in [0.1, 0.15) is 37.4 Å². The Hall–Kier alpha value is -3.08. The van der Waals surface area contributed by atoms with Gasteiger partial charge in [0.1, 0.15) is 0 Å². The van der Waals surface area contributed by atoms with Gasteiger partial charge in [-0.3, -0.25) is 5.01 Å². The Balaban J connectivity index is 1.80. The Labute approximate surface area is 219 Å². The van der Waals surface area contributed by atoms with Crippen LogP contribution in [0.5, 0.6) is 0 Å². The molecule has 1 aliphatic rings. The predicted molar refractivity (Wildman–Crippen MR) is 133 cm³/mol. The minimum absolute atomic E-state index is 0.0587. The number of para-hydroxylation sites is 1. The highest BCUT2D eigenvalue weighted by Crippen LogP contribution is 2.49. The normalized spacial score (nSPS) is 17.1. The molecule has 0 aromatic heterocycles. The maximum Gasteiger partial charge on any atom is 0.431 e. The summed E-state index contributed by atoms with van der Waals surface area (Å²) in [5.41, 5.74) is -5.23. The van der Waals surface area contributed by atoms with E-state index in [2.05, 4.69) is 5.10 Å². The van der Waals surface area contributed by atoms with Gasteiger partial charge in [-0.25, -0.2) is 0 Å². The van der Waals surface area contributed by atoms with Gasteiger partial charge in [0.25, 0.3) is 5.60 Å². The van der Waals surface area contributed by atoms with Crippen molar-refractivity contribution in [2.24, 2.45) is 5.10 Å². The molecule has 0 spiro atoms.